The fourth-order valence-corrected chi connectivity index (χ4v) is 4.24. The maximum absolute atomic E-state index is 12.9. The van der Waals surface area contributed by atoms with Crippen LogP contribution in [0, 0.1) is 0 Å². The molecule has 0 saturated carbocycles. The van der Waals surface area contributed by atoms with E-state index in [1.807, 2.05) is 0 Å². The third-order valence-corrected chi connectivity index (χ3v) is 6.00. The summed E-state index contributed by atoms with van der Waals surface area (Å²) in [6.45, 7) is 4.86. The van der Waals surface area contributed by atoms with Crippen LogP contribution in [-0.2, 0) is 10.0 Å². The van der Waals surface area contributed by atoms with E-state index < -0.39 is 22.0 Å². The molecule has 1 atom stereocenters. The summed E-state index contributed by atoms with van der Waals surface area (Å²) in [6.07, 6.45) is 0. The molecule has 0 unspecified atom stereocenters. The minimum Gasteiger partial charge on any atom is -0.496 e. The van der Waals surface area contributed by atoms with Gasteiger partial charge in [0.05, 0.1) is 17.6 Å². The van der Waals surface area contributed by atoms with Crippen molar-refractivity contribution in [3.05, 3.63) is 47.5 Å². The number of carbonyl (C=O) groups is 1. The van der Waals surface area contributed by atoms with Gasteiger partial charge in [-0.25, -0.2) is 13.1 Å². The van der Waals surface area contributed by atoms with Crippen molar-refractivity contribution < 1.29 is 27.4 Å². The highest BCUT2D eigenvalue weighted by molar-refractivity contribution is 7.89. The lowest BCUT2D eigenvalue weighted by Crippen LogP contribution is -2.28. The predicted molar refractivity (Wildman–Crippen MR) is 107 cm³/mol. The van der Waals surface area contributed by atoms with Gasteiger partial charge in [-0.1, -0.05) is 6.07 Å². The Morgan fingerprint density at radius 2 is 1.86 bits per heavy atom. The van der Waals surface area contributed by atoms with Crippen molar-refractivity contribution in [1.29, 1.82) is 0 Å². The van der Waals surface area contributed by atoms with Gasteiger partial charge in [-0.2, -0.15) is 0 Å². The highest BCUT2D eigenvalue weighted by Gasteiger charge is 2.23. The Bertz CT molecular complexity index is 1010. The van der Waals surface area contributed by atoms with Gasteiger partial charge in [-0.15, -0.1) is 0 Å². The van der Waals surface area contributed by atoms with Crippen LogP contribution in [0.4, 0.5) is 0 Å². The molecule has 1 heterocycles. The summed E-state index contributed by atoms with van der Waals surface area (Å²) in [5.41, 5.74) is 0.888. The first-order valence-electron chi connectivity index (χ1n) is 9.24. The highest BCUT2D eigenvalue weighted by atomic mass is 32.2. The zero-order valence-corrected chi connectivity index (χ0v) is 17.3. The van der Waals surface area contributed by atoms with Crippen LogP contribution < -0.4 is 24.2 Å². The van der Waals surface area contributed by atoms with Crippen LogP contribution in [0.1, 0.15) is 35.8 Å². The van der Waals surface area contributed by atoms with Crippen LogP contribution in [0.5, 0.6) is 17.2 Å². The van der Waals surface area contributed by atoms with E-state index in [4.69, 9.17) is 14.2 Å². The number of hydrogen-bond acceptors (Lipinski definition) is 6. The fraction of sp³-hybridized carbons (Fsp3) is 0.350. The van der Waals surface area contributed by atoms with E-state index in [-0.39, 0.29) is 10.5 Å². The molecule has 156 valence electrons. The smallest absolute Gasteiger partial charge is 0.255 e. The summed E-state index contributed by atoms with van der Waals surface area (Å²) in [7, 11) is -2.46. The van der Waals surface area contributed by atoms with Crippen molar-refractivity contribution in [1.82, 2.24) is 10.0 Å². The van der Waals surface area contributed by atoms with Crippen LogP contribution in [0.2, 0.25) is 0 Å². The molecule has 9 heteroatoms. The van der Waals surface area contributed by atoms with Gasteiger partial charge in [0, 0.05) is 12.6 Å². The molecule has 2 N–H and O–H groups in total. The summed E-state index contributed by atoms with van der Waals surface area (Å²) in [5, 5.41) is 2.65. The Balaban J connectivity index is 1.85. The van der Waals surface area contributed by atoms with E-state index in [0.717, 1.165) is 5.56 Å². The Morgan fingerprint density at radius 3 is 2.55 bits per heavy atom. The maximum Gasteiger partial charge on any atom is 0.255 e. The molecule has 2 aromatic rings. The van der Waals surface area contributed by atoms with Crippen molar-refractivity contribution in [2.24, 2.45) is 0 Å². The van der Waals surface area contributed by atoms with Gasteiger partial charge in [0.15, 0.2) is 11.5 Å². The molecule has 8 nitrogen and oxygen atoms in total. The van der Waals surface area contributed by atoms with Gasteiger partial charge >= 0.3 is 0 Å². The number of rotatable bonds is 7. The van der Waals surface area contributed by atoms with Crippen LogP contribution in [0.3, 0.4) is 0 Å². The molecule has 0 bridgehead atoms. The second-order valence-electron chi connectivity index (χ2n) is 6.47. The third-order valence-electron chi connectivity index (χ3n) is 4.46. The summed E-state index contributed by atoms with van der Waals surface area (Å²) in [4.78, 5) is 12.2. The second kappa shape index (κ2) is 8.71. The van der Waals surface area contributed by atoms with E-state index in [1.54, 1.807) is 32.0 Å². The van der Waals surface area contributed by atoms with Crippen molar-refractivity contribution in [3.63, 3.8) is 0 Å². The first-order valence-corrected chi connectivity index (χ1v) is 10.7. The zero-order valence-electron chi connectivity index (χ0n) is 16.5. The minimum absolute atomic E-state index is 0.0241. The van der Waals surface area contributed by atoms with Gasteiger partial charge in [-0.3, -0.25) is 4.79 Å². The minimum atomic E-state index is -3.88. The van der Waals surface area contributed by atoms with Gasteiger partial charge in [0.25, 0.3) is 5.91 Å². The Kier molecular flexibility index (Phi) is 6.29. The van der Waals surface area contributed by atoms with E-state index in [2.05, 4.69) is 10.0 Å². The van der Waals surface area contributed by atoms with Gasteiger partial charge in [-0.05, 0) is 49.7 Å². The van der Waals surface area contributed by atoms with Crippen molar-refractivity contribution in [2.75, 3.05) is 26.9 Å². The predicted octanol–water partition coefficient (Wildman–Crippen LogP) is 2.26. The molecule has 1 aliphatic rings. The lowest BCUT2D eigenvalue weighted by atomic mass is 10.1. The molecule has 0 aromatic heterocycles. The maximum atomic E-state index is 12.9. The quantitative estimate of drug-likeness (QED) is 0.712. The normalized spacial score (nSPS) is 14.2. The van der Waals surface area contributed by atoms with Crippen molar-refractivity contribution >= 4 is 15.9 Å². The van der Waals surface area contributed by atoms with Gasteiger partial charge in [0.1, 0.15) is 19.0 Å². The number of methoxy groups -OCH3 is 1. The molecule has 0 fully saturated rings. The van der Waals surface area contributed by atoms with E-state index >= 15 is 0 Å². The molecule has 3 rings (SSSR count). The number of sulfonamides is 1. The first kappa shape index (κ1) is 20.9. The molecule has 1 amide bonds. The molecule has 0 saturated heterocycles. The molecule has 0 radical (unpaired) electrons. The Hall–Kier alpha value is -2.78. The van der Waals surface area contributed by atoms with Crippen molar-refractivity contribution in [3.8, 4) is 17.2 Å². The molecule has 0 aliphatic carbocycles. The SMILES string of the molecule is CCNC(=O)c1cc(S(=O)(=O)N[C@H](C)c2ccc3c(c2)OCCO3)ccc1OC. The van der Waals surface area contributed by atoms with Crippen LogP contribution in [-0.4, -0.2) is 41.2 Å². The van der Waals surface area contributed by atoms with E-state index in [9.17, 15) is 13.2 Å². The average Bonchev–Trinajstić information content (AvgIpc) is 2.72. The number of amides is 1. The summed E-state index contributed by atoms with van der Waals surface area (Å²) < 4.78 is 44.7. The number of carbonyl (C=O) groups excluding carboxylic acids is 1. The number of nitrogens with one attached hydrogen (secondary N) is 2. The van der Waals surface area contributed by atoms with Crippen molar-refractivity contribution in [2.45, 2.75) is 24.8 Å². The highest BCUT2D eigenvalue weighted by Crippen LogP contribution is 2.33. The fourth-order valence-electron chi connectivity index (χ4n) is 2.99. The lowest BCUT2D eigenvalue weighted by Gasteiger charge is -2.21. The largest absolute Gasteiger partial charge is 0.496 e. The van der Waals surface area contributed by atoms with Gasteiger partial charge < -0.3 is 19.5 Å². The topological polar surface area (TPSA) is 103 Å². The van der Waals surface area contributed by atoms with Crippen LogP contribution in [0.15, 0.2) is 41.3 Å². The van der Waals surface area contributed by atoms with E-state index in [1.165, 1.54) is 25.3 Å². The molecule has 1 aliphatic heterocycles. The average molecular weight is 420 g/mol. The molecular weight excluding hydrogens is 396 g/mol. The summed E-state index contributed by atoms with van der Waals surface area (Å²) in [6, 6.07) is 8.96. The molecule has 29 heavy (non-hydrogen) atoms. The van der Waals surface area contributed by atoms with Gasteiger partial charge in [0.2, 0.25) is 10.0 Å². The molecule has 2 aromatic carbocycles. The lowest BCUT2D eigenvalue weighted by molar-refractivity contribution is 0.0952. The zero-order chi connectivity index (χ0) is 21.0. The number of ether oxygens (including phenoxy) is 3. The summed E-state index contributed by atoms with van der Waals surface area (Å²) in [5.74, 6) is 1.12. The Labute approximate surface area is 170 Å². The monoisotopic (exact) mass is 420 g/mol. The summed E-state index contributed by atoms with van der Waals surface area (Å²) >= 11 is 0. The standard InChI is InChI=1S/C20H24N2O6S/c1-4-21-20(23)16-12-15(6-8-17(16)26-3)29(24,25)22-13(2)14-5-7-18-19(11-14)28-10-9-27-18/h5-8,11-13,22H,4,9-10H2,1-3H3,(H,21,23)/t13-/m1/s1. The number of hydrogen-bond donors (Lipinski definition) is 2. The molecule has 0 spiro atoms. The van der Waals surface area contributed by atoms with E-state index in [0.29, 0.717) is 37.0 Å². The second-order valence-corrected chi connectivity index (χ2v) is 8.18. The van der Waals surface area contributed by atoms with Crippen LogP contribution >= 0.6 is 0 Å². The number of fused-ring (bicyclic) bond motifs is 1. The third kappa shape index (κ3) is 4.63. The molecular formula is C20H24N2O6S. The Morgan fingerprint density at radius 1 is 1.14 bits per heavy atom. The first-order chi connectivity index (χ1) is 13.9. The number of benzene rings is 2. The van der Waals surface area contributed by atoms with Crippen LogP contribution in [0.25, 0.3) is 0 Å².